The molecule has 90 valence electrons. The topological polar surface area (TPSA) is 12.0 Å². The fourth-order valence-corrected chi connectivity index (χ4v) is 1.70. The van der Waals surface area contributed by atoms with Crippen molar-refractivity contribution in [3.63, 3.8) is 0 Å². The number of benzene rings is 1. The Morgan fingerprint density at radius 3 is 2.19 bits per heavy atom. The van der Waals surface area contributed by atoms with Crippen LogP contribution in [-0.4, -0.2) is 6.04 Å². The van der Waals surface area contributed by atoms with E-state index in [-0.39, 0.29) is 11.1 Å². The number of aryl methyl sites for hydroxylation is 1. The first-order chi connectivity index (χ1) is 7.21. The maximum atomic E-state index is 12.5. The second-order valence-corrected chi connectivity index (χ2v) is 4.35. The summed E-state index contributed by atoms with van der Waals surface area (Å²) in [6, 6.07) is 2.16. The first-order valence-corrected chi connectivity index (χ1v) is 5.23. The second-order valence-electron chi connectivity index (χ2n) is 3.95. The number of halogens is 4. The van der Waals surface area contributed by atoms with E-state index in [9.17, 15) is 13.2 Å². The summed E-state index contributed by atoms with van der Waals surface area (Å²) in [5.41, 5.74) is 0.336. The Morgan fingerprint density at radius 2 is 1.81 bits per heavy atom. The Kier molecular flexibility index (Phi) is 3.73. The van der Waals surface area contributed by atoms with E-state index in [0.29, 0.717) is 11.3 Å². The third-order valence-electron chi connectivity index (χ3n) is 2.05. The smallest absolute Gasteiger partial charge is 0.381 e. The molecule has 0 aliphatic carbocycles. The average Bonchev–Trinajstić information content (AvgIpc) is 2.09. The third kappa shape index (κ3) is 3.04. The Balaban J connectivity index is 3.18. The van der Waals surface area contributed by atoms with Crippen LogP contribution in [0, 0.1) is 6.92 Å². The lowest BCUT2D eigenvalue weighted by Crippen LogP contribution is -2.13. The molecule has 0 spiro atoms. The van der Waals surface area contributed by atoms with Crippen molar-refractivity contribution >= 4 is 17.3 Å². The van der Waals surface area contributed by atoms with Crippen LogP contribution < -0.4 is 5.32 Å². The van der Waals surface area contributed by atoms with Gasteiger partial charge in [0.15, 0.2) is 0 Å². The third-order valence-corrected chi connectivity index (χ3v) is 2.35. The molecule has 0 heterocycles. The summed E-state index contributed by atoms with van der Waals surface area (Å²) in [6.45, 7) is 5.40. The van der Waals surface area contributed by atoms with Gasteiger partial charge in [0.25, 0.3) is 0 Å². The Bertz CT molecular complexity index is 362. The number of hydrogen-bond donors (Lipinski definition) is 1. The van der Waals surface area contributed by atoms with Gasteiger partial charge in [0.1, 0.15) is 0 Å². The monoisotopic (exact) mass is 251 g/mol. The molecule has 0 radical (unpaired) electrons. The summed E-state index contributed by atoms with van der Waals surface area (Å²) in [5.74, 6) is 0. The fraction of sp³-hybridized carbons (Fsp3) is 0.455. The standard InChI is InChI=1S/C11H13ClF3N/c1-6(2)16-10-7(3)4-8(5-9(10)12)11(13,14)15/h4-6,16H,1-3H3. The molecular weight excluding hydrogens is 239 g/mol. The zero-order chi connectivity index (χ0) is 12.5. The molecule has 0 bridgehead atoms. The summed E-state index contributed by atoms with van der Waals surface area (Å²) < 4.78 is 37.4. The fourth-order valence-electron chi connectivity index (χ4n) is 1.38. The quantitative estimate of drug-likeness (QED) is 0.817. The minimum absolute atomic E-state index is 0.0982. The van der Waals surface area contributed by atoms with E-state index in [2.05, 4.69) is 5.32 Å². The van der Waals surface area contributed by atoms with E-state index < -0.39 is 11.7 Å². The van der Waals surface area contributed by atoms with Crippen molar-refractivity contribution in [3.05, 3.63) is 28.3 Å². The van der Waals surface area contributed by atoms with E-state index in [1.807, 2.05) is 13.8 Å². The lowest BCUT2D eigenvalue weighted by Gasteiger charge is -2.17. The van der Waals surface area contributed by atoms with Gasteiger partial charge in [-0.05, 0) is 38.5 Å². The molecule has 5 heteroatoms. The number of anilines is 1. The van der Waals surface area contributed by atoms with Crippen molar-refractivity contribution in [2.45, 2.75) is 33.0 Å². The first-order valence-electron chi connectivity index (χ1n) is 4.85. The van der Waals surface area contributed by atoms with Gasteiger partial charge < -0.3 is 5.32 Å². The minimum Gasteiger partial charge on any atom is -0.381 e. The van der Waals surface area contributed by atoms with E-state index >= 15 is 0 Å². The van der Waals surface area contributed by atoms with Crippen molar-refractivity contribution in [3.8, 4) is 0 Å². The van der Waals surface area contributed by atoms with Crippen LogP contribution in [-0.2, 0) is 6.18 Å². The molecule has 0 aliphatic rings. The highest BCUT2D eigenvalue weighted by atomic mass is 35.5. The summed E-state index contributed by atoms with van der Waals surface area (Å²) in [5, 5.41) is 3.12. The molecule has 1 rings (SSSR count). The van der Waals surface area contributed by atoms with Crippen LogP contribution in [0.4, 0.5) is 18.9 Å². The van der Waals surface area contributed by atoms with Crippen LogP contribution in [0.25, 0.3) is 0 Å². The molecule has 0 saturated heterocycles. The molecule has 0 unspecified atom stereocenters. The predicted octanol–water partition coefficient (Wildman–Crippen LogP) is 4.49. The lowest BCUT2D eigenvalue weighted by molar-refractivity contribution is -0.137. The van der Waals surface area contributed by atoms with Gasteiger partial charge in [-0.25, -0.2) is 0 Å². The maximum absolute atomic E-state index is 12.5. The lowest BCUT2D eigenvalue weighted by atomic mass is 10.1. The van der Waals surface area contributed by atoms with Gasteiger partial charge in [-0.2, -0.15) is 13.2 Å². The van der Waals surface area contributed by atoms with Crippen molar-refractivity contribution in [2.75, 3.05) is 5.32 Å². The highest BCUT2D eigenvalue weighted by Gasteiger charge is 2.31. The molecule has 0 amide bonds. The number of alkyl halides is 3. The van der Waals surface area contributed by atoms with Gasteiger partial charge >= 0.3 is 6.18 Å². The van der Waals surface area contributed by atoms with E-state index in [0.717, 1.165) is 12.1 Å². The Hall–Kier alpha value is -0.900. The summed E-state index contributed by atoms with van der Waals surface area (Å²) in [7, 11) is 0. The molecule has 1 N–H and O–H groups in total. The van der Waals surface area contributed by atoms with Gasteiger partial charge in [-0.1, -0.05) is 11.6 Å². The molecule has 0 atom stereocenters. The van der Waals surface area contributed by atoms with Crippen molar-refractivity contribution in [1.29, 1.82) is 0 Å². The number of hydrogen-bond acceptors (Lipinski definition) is 1. The Labute approximate surface area is 97.6 Å². The summed E-state index contributed by atoms with van der Waals surface area (Å²) in [4.78, 5) is 0. The molecule has 0 aromatic heterocycles. The van der Waals surface area contributed by atoms with Crippen LogP contribution in [0.5, 0.6) is 0 Å². The molecule has 1 aromatic carbocycles. The SMILES string of the molecule is Cc1cc(C(F)(F)F)cc(Cl)c1NC(C)C. The zero-order valence-corrected chi connectivity index (χ0v) is 10.00. The van der Waals surface area contributed by atoms with Crippen LogP contribution in [0.1, 0.15) is 25.0 Å². The predicted molar refractivity (Wildman–Crippen MR) is 59.9 cm³/mol. The maximum Gasteiger partial charge on any atom is 0.416 e. The molecule has 0 aliphatic heterocycles. The van der Waals surface area contributed by atoms with E-state index in [1.165, 1.54) is 0 Å². The molecule has 1 nitrogen and oxygen atoms in total. The van der Waals surface area contributed by atoms with Crippen LogP contribution >= 0.6 is 11.6 Å². The van der Waals surface area contributed by atoms with Crippen molar-refractivity contribution in [1.82, 2.24) is 0 Å². The molecule has 16 heavy (non-hydrogen) atoms. The largest absolute Gasteiger partial charge is 0.416 e. The summed E-state index contributed by atoms with van der Waals surface area (Å²) in [6.07, 6.45) is -4.36. The normalized spacial score (nSPS) is 12.0. The van der Waals surface area contributed by atoms with Gasteiger partial charge in [0.05, 0.1) is 16.3 Å². The number of nitrogens with one attached hydrogen (secondary N) is 1. The molecule has 1 aromatic rings. The molecule has 0 saturated carbocycles. The highest BCUT2D eigenvalue weighted by Crippen LogP contribution is 2.36. The minimum atomic E-state index is -4.36. The van der Waals surface area contributed by atoms with Gasteiger partial charge in [-0.15, -0.1) is 0 Å². The van der Waals surface area contributed by atoms with Crippen LogP contribution in [0.15, 0.2) is 12.1 Å². The second kappa shape index (κ2) is 4.53. The van der Waals surface area contributed by atoms with Crippen molar-refractivity contribution in [2.24, 2.45) is 0 Å². The van der Waals surface area contributed by atoms with Gasteiger partial charge in [-0.3, -0.25) is 0 Å². The van der Waals surface area contributed by atoms with E-state index in [4.69, 9.17) is 11.6 Å². The van der Waals surface area contributed by atoms with Gasteiger partial charge in [0.2, 0.25) is 0 Å². The zero-order valence-electron chi connectivity index (χ0n) is 9.24. The molecular formula is C11H13ClF3N. The summed E-state index contributed by atoms with van der Waals surface area (Å²) >= 11 is 5.82. The Morgan fingerprint density at radius 1 is 1.25 bits per heavy atom. The first kappa shape index (κ1) is 13.2. The van der Waals surface area contributed by atoms with E-state index in [1.54, 1.807) is 6.92 Å². The van der Waals surface area contributed by atoms with Crippen LogP contribution in [0.2, 0.25) is 5.02 Å². The number of rotatable bonds is 2. The van der Waals surface area contributed by atoms with Gasteiger partial charge in [0, 0.05) is 6.04 Å². The highest BCUT2D eigenvalue weighted by molar-refractivity contribution is 6.33. The van der Waals surface area contributed by atoms with Crippen LogP contribution in [0.3, 0.4) is 0 Å². The molecule has 0 fully saturated rings. The average molecular weight is 252 g/mol. The van der Waals surface area contributed by atoms with Crippen molar-refractivity contribution < 1.29 is 13.2 Å².